The number of rotatable bonds is 2. The summed E-state index contributed by atoms with van der Waals surface area (Å²) < 4.78 is 11.0. The van der Waals surface area contributed by atoms with Crippen LogP contribution in [0.4, 0.5) is 16.2 Å². The smallest absolute Gasteiger partial charge is 0.323 e. The van der Waals surface area contributed by atoms with Crippen LogP contribution in [0.1, 0.15) is 5.56 Å². The molecule has 0 saturated carbocycles. The standard InChI is InChI=1S/C16H16N2O3/c1-11-9-14-15(21-8-7-20-14)10-13(11)18-16(19)17-12-5-3-2-4-6-12/h2-6,9-10H,7-8H2,1H3,(H2,17,18,19). The molecule has 0 fully saturated rings. The lowest BCUT2D eigenvalue weighted by Gasteiger charge is -2.20. The monoisotopic (exact) mass is 284 g/mol. The number of ether oxygens (including phenoxy) is 2. The molecule has 1 heterocycles. The van der Waals surface area contributed by atoms with Gasteiger partial charge >= 0.3 is 6.03 Å². The van der Waals surface area contributed by atoms with E-state index in [0.717, 1.165) is 11.3 Å². The molecule has 3 rings (SSSR count). The van der Waals surface area contributed by atoms with Crippen LogP contribution in [-0.2, 0) is 0 Å². The molecule has 2 amide bonds. The molecule has 1 aliphatic heterocycles. The maximum absolute atomic E-state index is 12.0. The minimum absolute atomic E-state index is 0.291. The second-order valence-corrected chi connectivity index (χ2v) is 4.76. The number of anilines is 2. The molecule has 0 radical (unpaired) electrons. The third kappa shape index (κ3) is 3.08. The largest absolute Gasteiger partial charge is 0.486 e. The second-order valence-electron chi connectivity index (χ2n) is 4.76. The predicted octanol–water partition coefficient (Wildman–Crippen LogP) is 3.41. The summed E-state index contributed by atoms with van der Waals surface area (Å²) in [7, 11) is 0. The van der Waals surface area contributed by atoms with Crippen LogP contribution in [0, 0.1) is 6.92 Å². The number of carbonyl (C=O) groups is 1. The molecule has 0 spiro atoms. The van der Waals surface area contributed by atoms with E-state index in [0.29, 0.717) is 30.4 Å². The minimum atomic E-state index is -0.291. The topological polar surface area (TPSA) is 59.6 Å². The molecule has 0 aliphatic carbocycles. The van der Waals surface area contributed by atoms with Crippen molar-refractivity contribution < 1.29 is 14.3 Å². The molecule has 0 unspecified atom stereocenters. The number of nitrogens with one attached hydrogen (secondary N) is 2. The van der Waals surface area contributed by atoms with Gasteiger partial charge in [-0.15, -0.1) is 0 Å². The van der Waals surface area contributed by atoms with E-state index in [-0.39, 0.29) is 6.03 Å². The van der Waals surface area contributed by atoms with Gasteiger partial charge in [0.25, 0.3) is 0 Å². The van der Waals surface area contributed by atoms with E-state index < -0.39 is 0 Å². The summed E-state index contributed by atoms with van der Waals surface area (Å²) >= 11 is 0. The molecule has 21 heavy (non-hydrogen) atoms. The van der Waals surface area contributed by atoms with Gasteiger partial charge in [0.15, 0.2) is 11.5 Å². The molecule has 108 valence electrons. The fraction of sp³-hybridized carbons (Fsp3) is 0.188. The second kappa shape index (κ2) is 5.75. The molecular weight excluding hydrogens is 268 g/mol. The lowest BCUT2D eigenvalue weighted by Crippen LogP contribution is -2.21. The highest BCUT2D eigenvalue weighted by Gasteiger charge is 2.15. The summed E-state index contributed by atoms with van der Waals surface area (Å²) in [4.78, 5) is 12.0. The highest BCUT2D eigenvalue weighted by molar-refractivity contribution is 6.00. The van der Waals surface area contributed by atoms with E-state index in [1.807, 2.05) is 43.3 Å². The minimum Gasteiger partial charge on any atom is -0.486 e. The van der Waals surface area contributed by atoms with Crippen molar-refractivity contribution in [1.29, 1.82) is 0 Å². The fourth-order valence-electron chi connectivity index (χ4n) is 2.13. The zero-order valence-electron chi connectivity index (χ0n) is 11.7. The quantitative estimate of drug-likeness (QED) is 0.888. The van der Waals surface area contributed by atoms with Crippen molar-refractivity contribution in [3.63, 3.8) is 0 Å². The SMILES string of the molecule is Cc1cc2c(cc1NC(=O)Nc1ccccc1)OCCO2. The molecule has 2 N–H and O–H groups in total. The summed E-state index contributed by atoms with van der Waals surface area (Å²) in [6.07, 6.45) is 0. The van der Waals surface area contributed by atoms with Gasteiger partial charge in [0, 0.05) is 17.4 Å². The number of carbonyl (C=O) groups excluding carboxylic acids is 1. The van der Waals surface area contributed by atoms with Crippen LogP contribution in [0.2, 0.25) is 0 Å². The zero-order valence-corrected chi connectivity index (χ0v) is 11.7. The van der Waals surface area contributed by atoms with E-state index in [4.69, 9.17) is 9.47 Å². The third-order valence-corrected chi connectivity index (χ3v) is 3.17. The van der Waals surface area contributed by atoms with Gasteiger partial charge in [0.2, 0.25) is 0 Å². The van der Waals surface area contributed by atoms with E-state index >= 15 is 0 Å². The Morgan fingerprint density at radius 3 is 2.38 bits per heavy atom. The number of hydrogen-bond donors (Lipinski definition) is 2. The summed E-state index contributed by atoms with van der Waals surface area (Å²) in [5.41, 5.74) is 2.36. The average molecular weight is 284 g/mol. The lowest BCUT2D eigenvalue weighted by atomic mass is 10.1. The predicted molar refractivity (Wildman–Crippen MR) is 81.3 cm³/mol. The summed E-state index contributed by atoms with van der Waals surface area (Å²) in [6.45, 7) is 2.98. The molecule has 0 saturated heterocycles. The van der Waals surface area contributed by atoms with Gasteiger partial charge < -0.3 is 20.1 Å². The Morgan fingerprint density at radius 1 is 1.00 bits per heavy atom. The molecule has 0 atom stereocenters. The highest BCUT2D eigenvalue weighted by atomic mass is 16.6. The van der Waals surface area contributed by atoms with Crippen molar-refractivity contribution in [3.8, 4) is 11.5 Å². The number of urea groups is 1. The molecule has 5 nitrogen and oxygen atoms in total. The van der Waals surface area contributed by atoms with Crippen molar-refractivity contribution in [1.82, 2.24) is 0 Å². The highest BCUT2D eigenvalue weighted by Crippen LogP contribution is 2.35. The normalized spacial score (nSPS) is 12.6. The first kappa shape index (κ1) is 13.3. The lowest BCUT2D eigenvalue weighted by molar-refractivity contribution is 0.171. The Balaban J connectivity index is 1.74. The average Bonchev–Trinajstić information content (AvgIpc) is 2.49. The van der Waals surface area contributed by atoms with Crippen molar-refractivity contribution in [2.75, 3.05) is 23.8 Å². The van der Waals surface area contributed by atoms with E-state index in [9.17, 15) is 4.79 Å². The van der Waals surface area contributed by atoms with Crippen molar-refractivity contribution in [2.24, 2.45) is 0 Å². The molecular formula is C16H16N2O3. The Hall–Kier alpha value is -2.69. The molecule has 0 aromatic heterocycles. The summed E-state index contributed by atoms with van der Waals surface area (Å²) in [5, 5.41) is 5.60. The zero-order chi connectivity index (χ0) is 14.7. The van der Waals surface area contributed by atoms with E-state index in [1.54, 1.807) is 6.07 Å². The van der Waals surface area contributed by atoms with Crippen molar-refractivity contribution in [2.45, 2.75) is 6.92 Å². The van der Waals surface area contributed by atoms with Gasteiger partial charge in [-0.3, -0.25) is 0 Å². The maximum atomic E-state index is 12.0. The number of hydrogen-bond acceptors (Lipinski definition) is 3. The molecule has 5 heteroatoms. The summed E-state index contributed by atoms with van der Waals surface area (Å²) in [5.74, 6) is 1.37. The number of fused-ring (bicyclic) bond motifs is 1. The van der Waals surface area contributed by atoms with Gasteiger partial charge in [-0.05, 0) is 30.7 Å². The van der Waals surface area contributed by atoms with Crippen LogP contribution in [0.5, 0.6) is 11.5 Å². The Morgan fingerprint density at radius 2 is 1.67 bits per heavy atom. The van der Waals surface area contributed by atoms with Crippen LogP contribution in [0.25, 0.3) is 0 Å². The van der Waals surface area contributed by atoms with Gasteiger partial charge in [-0.25, -0.2) is 4.79 Å². The Labute approximate surface area is 122 Å². The van der Waals surface area contributed by atoms with Crippen LogP contribution in [-0.4, -0.2) is 19.2 Å². The van der Waals surface area contributed by atoms with Crippen molar-refractivity contribution in [3.05, 3.63) is 48.0 Å². The van der Waals surface area contributed by atoms with E-state index in [1.165, 1.54) is 0 Å². The fourth-order valence-corrected chi connectivity index (χ4v) is 2.13. The third-order valence-electron chi connectivity index (χ3n) is 3.17. The van der Waals surface area contributed by atoms with Crippen LogP contribution < -0.4 is 20.1 Å². The van der Waals surface area contributed by atoms with Gasteiger partial charge in [-0.2, -0.15) is 0 Å². The van der Waals surface area contributed by atoms with Crippen LogP contribution in [0.3, 0.4) is 0 Å². The number of benzene rings is 2. The number of para-hydroxylation sites is 1. The van der Waals surface area contributed by atoms with Gasteiger partial charge in [-0.1, -0.05) is 18.2 Å². The molecule has 2 aromatic rings. The maximum Gasteiger partial charge on any atom is 0.323 e. The first-order valence-corrected chi connectivity index (χ1v) is 6.76. The first-order valence-electron chi connectivity index (χ1n) is 6.76. The Bertz CT molecular complexity index is 656. The molecule has 2 aromatic carbocycles. The number of aryl methyl sites for hydroxylation is 1. The molecule has 0 bridgehead atoms. The Kier molecular flexibility index (Phi) is 3.64. The first-order chi connectivity index (χ1) is 10.2. The van der Waals surface area contributed by atoms with E-state index in [2.05, 4.69) is 10.6 Å². The van der Waals surface area contributed by atoms with Crippen LogP contribution >= 0.6 is 0 Å². The van der Waals surface area contributed by atoms with Gasteiger partial charge in [0.05, 0.1) is 0 Å². The van der Waals surface area contributed by atoms with Gasteiger partial charge in [0.1, 0.15) is 13.2 Å². The van der Waals surface area contributed by atoms with Crippen LogP contribution in [0.15, 0.2) is 42.5 Å². The summed E-state index contributed by atoms with van der Waals surface area (Å²) in [6, 6.07) is 12.7. The number of amides is 2. The van der Waals surface area contributed by atoms with Crippen molar-refractivity contribution >= 4 is 17.4 Å². The molecule has 1 aliphatic rings.